The maximum absolute atomic E-state index is 12.6. The molecular formula is C17H13Cl2N3O3. The second-order valence-electron chi connectivity index (χ2n) is 6.20. The molecule has 6 nitrogen and oxygen atoms in total. The van der Waals surface area contributed by atoms with Gasteiger partial charge in [-0.1, -0.05) is 29.3 Å². The number of fused-ring (bicyclic) bond motifs is 1. The third-order valence-corrected chi connectivity index (χ3v) is 5.24. The number of carbonyl (C=O) groups is 3. The van der Waals surface area contributed by atoms with Crippen LogP contribution in [0.1, 0.15) is 30.7 Å². The molecular weight excluding hydrogens is 365 g/mol. The minimum absolute atomic E-state index is 0.0373. The minimum Gasteiger partial charge on any atom is -0.295 e. The summed E-state index contributed by atoms with van der Waals surface area (Å²) in [6.07, 6.45) is 1.73. The monoisotopic (exact) mass is 377 g/mol. The van der Waals surface area contributed by atoms with E-state index in [2.05, 4.69) is 15.6 Å². The molecule has 0 saturated carbocycles. The molecule has 0 spiro atoms. The second kappa shape index (κ2) is 5.97. The van der Waals surface area contributed by atoms with Crippen molar-refractivity contribution < 1.29 is 14.4 Å². The number of hydrogen-bond acceptors (Lipinski definition) is 4. The minimum atomic E-state index is -0.808. The summed E-state index contributed by atoms with van der Waals surface area (Å²) in [6.45, 7) is 0. The Labute approximate surface area is 153 Å². The van der Waals surface area contributed by atoms with Crippen LogP contribution < -0.4 is 10.6 Å². The largest absolute Gasteiger partial charge is 0.326 e. The fourth-order valence-corrected chi connectivity index (χ4v) is 4.19. The van der Waals surface area contributed by atoms with Crippen molar-refractivity contribution in [1.29, 1.82) is 0 Å². The van der Waals surface area contributed by atoms with Crippen molar-refractivity contribution in [1.82, 2.24) is 10.6 Å². The number of carbonyl (C=O) groups excluding carboxylic acids is 3. The Morgan fingerprint density at radius 3 is 2.60 bits per heavy atom. The molecule has 2 unspecified atom stereocenters. The Morgan fingerprint density at radius 2 is 1.84 bits per heavy atom. The number of hydrogen-bond donors (Lipinski definition) is 2. The summed E-state index contributed by atoms with van der Waals surface area (Å²) in [5.41, 5.74) is 1.75. The topological polar surface area (TPSA) is 87.6 Å². The SMILES string of the molecule is O=C1NC(=O)C2C(=NC3=C(C(=O)CCC3)C2c2ccc(Cl)cc2Cl)N1. The Balaban J connectivity index is 1.93. The Bertz CT molecular complexity index is 891. The summed E-state index contributed by atoms with van der Waals surface area (Å²) >= 11 is 12.4. The highest BCUT2D eigenvalue weighted by atomic mass is 35.5. The van der Waals surface area contributed by atoms with E-state index in [1.807, 2.05) is 0 Å². The lowest BCUT2D eigenvalue weighted by molar-refractivity contribution is -0.122. The first kappa shape index (κ1) is 16.3. The summed E-state index contributed by atoms with van der Waals surface area (Å²) < 4.78 is 0. The van der Waals surface area contributed by atoms with Gasteiger partial charge in [-0.15, -0.1) is 0 Å². The molecule has 1 fully saturated rings. The van der Waals surface area contributed by atoms with Gasteiger partial charge in [0.15, 0.2) is 5.78 Å². The van der Waals surface area contributed by atoms with Gasteiger partial charge in [0.05, 0.1) is 0 Å². The van der Waals surface area contributed by atoms with E-state index >= 15 is 0 Å². The van der Waals surface area contributed by atoms with E-state index < -0.39 is 23.8 Å². The van der Waals surface area contributed by atoms with Gasteiger partial charge >= 0.3 is 6.03 Å². The molecule has 128 valence electrons. The number of halogens is 2. The van der Waals surface area contributed by atoms with Gasteiger partial charge in [0.1, 0.15) is 11.8 Å². The van der Waals surface area contributed by atoms with Crippen LogP contribution in [0, 0.1) is 5.92 Å². The normalized spacial score (nSPS) is 25.7. The standard InChI is InChI=1S/C17H13Cl2N3O3/c18-7-4-5-8(9(19)6-7)12-13-10(2-1-3-11(13)23)20-15-14(12)16(24)22-17(25)21-15/h4-6,12,14H,1-3H2,(H2,20,21,22,24,25). The van der Waals surface area contributed by atoms with E-state index in [1.54, 1.807) is 18.2 Å². The molecule has 1 aromatic rings. The molecule has 0 radical (unpaired) electrons. The molecule has 1 aromatic carbocycles. The lowest BCUT2D eigenvalue weighted by Crippen LogP contribution is -2.58. The molecule has 25 heavy (non-hydrogen) atoms. The van der Waals surface area contributed by atoms with Gasteiger partial charge in [0, 0.05) is 33.7 Å². The van der Waals surface area contributed by atoms with E-state index in [0.717, 1.165) is 0 Å². The predicted molar refractivity (Wildman–Crippen MR) is 92.7 cm³/mol. The van der Waals surface area contributed by atoms with E-state index in [-0.39, 0.29) is 11.6 Å². The number of allylic oxidation sites excluding steroid dienone is 2. The van der Waals surface area contributed by atoms with Crippen molar-refractivity contribution >= 4 is 46.8 Å². The number of urea groups is 1. The summed E-state index contributed by atoms with van der Waals surface area (Å²) in [7, 11) is 0. The van der Waals surface area contributed by atoms with E-state index in [0.29, 0.717) is 46.1 Å². The van der Waals surface area contributed by atoms with Gasteiger partial charge in [-0.05, 0) is 30.5 Å². The summed E-state index contributed by atoms with van der Waals surface area (Å²) in [6, 6.07) is 4.35. The highest BCUT2D eigenvalue weighted by Crippen LogP contribution is 2.45. The van der Waals surface area contributed by atoms with Crippen molar-refractivity contribution in [3.63, 3.8) is 0 Å². The van der Waals surface area contributed by atoms with Gasteiger partial charge in [-0.25, -0.2) is 9.79 Å². The van der Waals surface area contributed by atoms with Crippen LogP contribution in [0.2, 0.25) is 10.0 Å². The van der Waals surface area contributed by atoms with Crippen molar-refractivity contribution in [2.24, 2.45) is 10.9 Å². The average Bonchev–Trinajstić information content (AvgIpc) is 2.53. The number of Topliss-reactive ketones (excluding diaryl/α,β-unsaturated/α-hetero) is 1. The zero-order valence-corrected chi connectivity index (χ0v) is 14.4. The molecule has 2 atom stereocenters. The molecule has 4 rings (SSSR count). The number of imide groups is 1. The van der Waals surface area contributed by atoms with Crippen LogP contribution in [0.25, 0.3) is 0 Å². The Hall–Kier alpha value is -2.18. The van der Waals surface area contributed by atoms with E-state index in [4.69, 9.17) is 23.2 Å². The first-order chi connectivity index (χ1) is 12.0. The van der Waals surface area contributed by atoms with Gasteiger partial charge in [0.25, 0.3) is 0 Å². The van der Waals surface area contributed by atoms with E-state index in [1.165, 1.54) is 0 Å². The highest BCUT2D eigenvalue weighted by molar-refractivity contribution is 6.35. The number of ketones is 1. The van der Waals surface area contributed by atoms with Crippen molar-refractivity contribution in [2.75, 3.05) is 0 Å². The van der Waals surface area contributed by atoms with Crippen molar-refractivity contribution in [3.8, 4) is 0 Å². The predicted octanol–water partition coefficient (Wildman–Crippen LogP) is 2.95. The van der Waals surface area contributed by atoms with Crippen LogP contribution in [0.3, 0.4) is 0 Å². The summed E-state index contributed by atoms with van der Waals surface area (Å²) in [4.78, 5) is 41.2. The number of amides is 3. The second-order valence-corrected chi connectivity index (χ2v) is 7.04. The van der Waals surface area contributed by atoms with Gasteiger partial charge in [-0.3, -0.25) is 20.2 Å². The van der Waals surface area contributed by atoms with Gasteiger partial charge < -0.3 is 0 Å². The maximum Gasteiger partial charge on any atom is 0.326 e. The summed E-state index contributed by atoms with van der Waals surface area (Å²) in [5.74, 6) is -1.68. The quantitative estimate of drug-likeness (QED) is 0.788. The number of nitrogens with one attached hydrogen (secondary N) is 2. The molecule has 1 aliphatic carbocycles. The van der Waals surface area contributed by atoms with Crippen LogP contribution in [0.15, 0.2) is 34.5 Å². The van der Waals surface area contributed by atoms with E-state index in [9.17, 15) is 14.4 Å². The Morgan fingerprint density at radius 1 is 1.04 bits per heavy atom. The van der Waals surface area contributed by atoms with Crippen molar-refractivity contribution in [2.45, 2.75) is 25.2 Å². The van der Waals surface area contributed by atoms with Gasteiger partial charge in [-0.2, -0.15) is 0 Å². The van der Waals surface area contributed by atoms with Crippen LogP contribution in [0.5, 0.6) is 0 Å². The van der Waals surface area contributed by atoms with Crippen LogP contribution >= 0.6 is 23.2 Å². The fraction of sp³-hybridized carbons (Fsp3) is 0.294. The number of nitrogens with zero attached hydrogens (tertiary/aromatic N) is 1. The highest BCUT2D eigenvalue weighted by Gasteiger charge is 2.47. The third kappa shape index (κ3) is 2.65. The fourth-order valence-electron chi connectivity index (χ4n) is 3.66. The lowest BCUT2D eigenvalue weighted by Gasteiger charge is -2.37. The summed E-state index contributed by atoms with van der Waals surface area (Å²) in [5, 5.41) is 5.67. The van der Waals surface area contributed by atoms with Crippen LogP contribution in [-0.2, 0) is 9.59 Å². The number of amidine groups is 1. The number of benzene rings is 1. The van der Waals surface area contributed by atoms with Crippen molar-refractivity contribution in [3.05, 3.63) is 45.1 Å². The lowest BCUT2D eigenvalue weighted by atomic mass is 9.72. The number of rotatable bonds is 1. The first-order valence-electron chi connectivity index (χ1n) is 7.87. The molecule has 2 heterocycles. The zero-order chi connectivity index (χ0) is 17.7. The number of aliphatic imine (C=N–C) groups is 1. The van der Waals surface area contributed by atoms with Crippen LogP contribution in [-0.4, -0.2) is 23.6 Å². The average molecular weight is 378 g/mol. The molecule has 2 N–H and O–H groups in total. The smallest absolute Gasteiger partial charge is 0.295 e. The third-order valence-electron chi connectivity index (χ3n) is 4.68. The molecule has 3 amide bonds. The Kier molecular flexibility index (Phi) is 3.89. The molecule has 1 saturated heterocycles. The van der Waals surface area contributed by atoms with Crippen LogP contribution in [0.4, 0.5) is 4.79 Å². The molecule has 8 heteroatoms. The van der Waals surface area contributed by atoms with Gasteiger partial charge in [0.2, 0.25) is 5.91 Å². The molecule has 2 aliphatic heterocycles. The zero-order valence-electron chi connectivity index (χ0n) is 12.9. The molecule has 3 aliphatic rings. The molecule has 0 bridgehead atoms. The molecule has 0 aromatic heterocycles. The first-order valence-corrected chi connectivity index (χ1v) is 8.63. The maximum atomic E-state index is 12.6.